The molecule has 4 heteroatoms. The zero-order valence-electron chi connectivity index (χ0n) is 14.8. The van der Waals surface area contributed by atoms with E-state index in [1.165, 1.54) is 16.7 Å². The Morgan fingerprint density at radius 2 is 1.92 bits per heavy atom. The summed E-state index contributed by atoms with van der Waals surface area (Å²) in [5.41, 5.74) is 4.01. The minimum Gasteiger partial charge on any atom is -0.353 e. The van der Waals surface area contributed by atoms with Gasteiger partial charge in [-0.3, -0.25) is 4.79 Å². The van der Waals surface area contributed by atoms with Crippen LogP contribution in [0.25, 0.3) is 0 Å². The molecule has 1 fully saturated rings. The number of pyridine rings is 1. The van der Waals surface area contributed by atoms with Crippen molar-refractivity contribution in [3.8, 4) is 0 Å². The van der Waals surface area contributed by atoms with E-state index >= 15 is 0 Å². The second-order valence-electron chi connectivity index (χ2n) is 7.15. The first-order valence-electron chi connectivity index (χ1n) is 9.24. The molecule has 25 heavy (non-hydrogen) atoms. The summed E-state index contributed by atoms with van der Waals surface area (Å²) in [5, 5.41) is 0. The molecule has 1 aliphatic carbocycles. The maximum atomic E-state index is 12.8. The number of hydrogen-bond donors (Lipinski definition) is 0. The van der Waals surface area contributed by atoms with Crippen molar-refractivity contribution >= 4 is 11.7 Å². The van der Waals surface area contributed by atoms with Crippen LogP contribution < -0.4 is 4.90 Å². The quantitative estimate of drug-likeness (QED) is 0.864. The lowest BCUT2D eigenvalue weighted by Gasteiger charge is -2.36. The zero-order valence-corrected chi connectivity index (χ0v) is 14.8. The number of anilines is 1. The smallest absolute Gasteiger partial charge is 0.223 e. The lowest BCUT2D eigenvalue weighted by atomic mass is 9.97. The molecule has 1 aliphatic heterocycles. The number of nitrogens with zero attached hydrogens (tertiary/aromatic N) is 3. The van der Waals surface area contributed by atoms with Gasteiger partial charge in [-0.15, -0.1) is 0 Å². The Bertz CT molecular complexity index is 765. The molecule has 1 unspecified atom stereocenters. The van der Waals surface area contributed by atoms with Gasteiger partial charge >= 0.3 is 0 Å². The highest BCUT2D eigenvalue weighted by Gasteiger charge is 2.28. The lowest BCUT2D eigenvalue weighted by molar-refractivity contribution is -0.131. The number of aromatic nitrogens is 1. The third-order valence-corrected chi connectivity index (χ3v) is 5.59. The SMILES string of the molecule is Cc1cccnc1N1CCN(C(=O)CC2CCc3ccccc32)CC1. The van der Waals surface area contributed by atoms with Gasteiger partial charge in [0.1, 0.15) is 5.82 Å². The van der Waals surface area contributed by atoms with E-state index < -0.39 is 0 Å². The largest absolute Gasteiger partial charge is 0.353 e. The normalized spacial score (nSPS) is 19.8. The maximum absolute atomic E-state index is 12.8. The van der Waals surface area contributed by atoms with Crippen LogP contribution in [-0.4, -0.2) is 42.0 Å². The summed E-state index contributed by atoms with van der Waals surface area (Å²) in [6.07, 6.45) is 4.72. The first-order chi connectivity index (χ1) is 12.2. The van der Waals surface area contributed by atoms with Crippen LogP contribution >= 0.6 is 0 Å². The Morgan fingerprint density at radius 1 is 1.12 bits per heavy atom. The van der Waals surface area contributed by atoms with Crippen molar-refractivity contribution in [3.05, 3.63) is 59.3 Å². The van der Waals surface area contributed by atoms with Gasteiger partial charge < -0.3 is 9.80 Å². The number of carbonyl (C=O) groups excluding carboxylic acids is 1. The van der Waals surface area contributed by atoms with Crippen molar-refractivity contribution in [2.45, 2.75) is 32.1 Å². The van der Waals surface area contributed by atoms with Crippen molar-refractivity contribution in [2.24, 2.45) is 0 Å². The van der Waals surface area contributed by atoms with Crippen molar-refractivity contribution in [2.75, 3.05) is 31.1 Å². The third kappa shape index (κ3) is 3.26. The highest BCUT2D eigenvalue weighted by atomic mass is 16.2. The van der Waals surface area contributed by atoms with Crippen LogP contribution in [0.15, 0.2) is 42.6 Å². The van der Waals surface area contributed by atoms with E-state index in [1.54, 1.807) is 0 Å². The fourth-order valence-corrected chi connectivity index (χ4v) is 4.17. The van der Waals surface area contributed by atoms with Crippen LogP contribution in [0.3, 0.4) is 0 Å². The number of fused-ring (bicyclic) bond motifs is 1. The van der Waals surface area contributed by atoms with E-state index in [4.69, 9.17) is 0 Å². The molecule has 1 saturated heterocycles. The Labute approximate surface area is 149 Å². The van der Waals surface area contributed by atoms with Crippen LogP contribution in [0.1, 0.15) is 35.4 Å². The molecule has 1 aromatic carbocycles. The summed E-state index contributed by atoms with van der Waals surface area (Å²) < 4.78 is 0. The van der Waals surface area contributed by atoms with Gasteiger partial charge in [0.25, 0.3) is 0 Å². The fraction of sp³-hybridized carbons (Fsp3) is 0.429. The summed E-state index contributed by atoms with van der Waals surface area (Å²) in [5.74, 6) is 1.76. The second-order valence-corrected chi connectivity index (χ2v) is 7.15. The Morgan fingerprint density at radius 3 is 2.72 bits per heavy atom. The van der Waals surface area contributed by atoms with Gasteiger partial charge in [0, 0.05) is 38.8 Å². The fourth-order valence-electron chi connectivity index (χ4n) is 4.17. The summed E-state index contributed by atoms with van der Waals surface area (Å²) in [6.45, 7) is 5.42. The van der Waals surface area contributed by atoms with Gasteiger partial charge in [-0.1, -0.05) is 30.3 Å². The molecular formula is C21H25N3O. The lowest BCUT2D eigenvalue weighted by Crippen LogP contribution is -2.49. The Hall–Kier alpha value is -2.36. The third-order valence-electron chi connectivity index (χ3n) is 5.59. The summed E-state index contributed by atoms with van der Waals surface area (Å²) in [6, 6.07) is 12.7. The molecule has 4 rings (SSSR count). The number of carbonyl (C=O) groups is 1. The van der Waals surface area contributed by atoms with Crippen LogP contribution in [0, 0.1) is 6.92 Å². The van der Waals surface area contributed by atoms with E-state index in [9.17, 15) is 4.79 Å². The highest BCUT2D eigenvalue weighted by Crippen LogP contribution is 2.35. The van der Waals surface area contributed by atoms with E-state index in [-0.39, 0.29) is 0 Å². The highest BCUT2D eigenvalue weighted by molar-refractivity contribution is 5.77. The number of amides is 1. The molecular weight excluding hydrogens is 310 g/mol. The number of hydrogen-bond acceptors (Lipinski definition) is 3. The molecule has 0 radical (unpaired) electrons. The molecule has 2 aromatic rings. The Balaban J connectivity index is 1.35. The van der Waals surface area contributed by atoms with Gasteiger partial charge in [0.15, 0.2) is 0 Å². The van der Waals surface area contributed by atoms with E-state index in [0.717, 1.165) is 44.8 Å². The molecule has 0 bridgehead atoms. The number of aryl methyl sites for hydroxylation is 2. The zero-order chi connectivity index (χ0) is 17.2. The van der Waals surface area contributed by atoms with Gasteiger partial charge in [-0.05, 0) is 48.4 Å². The number of rotatable bonds is 3. The number of piperazine rings is 1. The van der Waals surface area contributed by atoms with Crippen molar-refractivity contribution in [3.63, 3.8) is 0 Å². The van der Waals surface area contributed by atoms with Crippen LogP contribution in [0.5, 0.6) is 0 Å². The predicted octanol–water partition coefficient (Wildman–Crippen LogP) is 3.16. The van der Waals surface area contributed by atoms with E-state index in [2.05, 4.69) is 47.1 Å². The second kappa shape index (κ2) is 6.87. The van der Waals surface area contributed by atoms with Gasteiger partial charge in [-0.2, -0.15) is 0 Å². The van der Waals surface area contributed by atoms with Crippen molar-refractivity contribution < 1.29 is 4.79 Å². The molecule has 1 atom stereocenters. The Kier molecular flexibility index (Phi) is 4.43. The van der Waals surface area contributed by atoms with Crippen LogP contribution in [0.2, 0.25) is 0 Å². The summed E-state index contributed by atoms with van der Waals surface area (Å²) in [7, 11) is 0. The molecule has 0 saturated carbocycles. The topological polar surface area (TPSA) is 36.4 Å². The monoisotopic (exact) mass is 335 g/mol. The average molecular weight is 335 g/mol. The first-order valence-corrected chi connectivity index (χ1v) is 9.24. The minimum absolute atomic E-state index is 0.305. The molecule has 1 aromatic heterocycles. The molecule has 1 amide bonds. The van der Waals surface area contributed by atoms with Gasteiger partial charge in [0.05, 0.1) is 0 Å². The molecule has 130 valence electrons. The van der Waals surface area contributed by atoms with Gasteiger partial charge in [-0.25, -0.2) is 4.98 Å². The van der Waals surface area contributed by atoms with E-state index in [0.29, 0.717) is 18.2 Å². The number of benzene rings is 1. The maximum Gasteiger partial charge on any atom is 0.223 e. The van der Waals surface area contributed by atoms with Crippen molar-refractivity contribution in [1.29, 1.82) is 0 Å². The molecule has 0 spiro atoms. The summed E-state index contributed by atoms with van der Waals surface area (Å²) >= 11 is 0. The van der Waals surface area contributed by atoms with Crippen LogP contribution in [0.4, 0.5) is 5.82 Å². The molecule has 4 nitrogen and oxygen atoms in total. The van der Waals surface area contributed by atoms with Crippen LogP contribution in [-0.2, 0) is 11.2 Å². The molecule has 2 heterocycles. The summed E-state index contributed by atoms with van der Waals surface area (Å²) in [4.78, 5) is 21.6. The van der Waals surface area contributed by atoms with Gasteiger partial charge in [0.2, 0.25) is 5.91 Å². The molecule has 0 N–H and O–H groups in total. The standard InChI is InChI=1S/C21H25N3O/c1-16-5-4-10-22-21(16)24-13-11-23(12-14-24)20(25)15-18-9-8-17-6-2-3-7-19(17)18/h2-7,10,18H,8-9,11-15H2,1H3. The van der Waals surface area contributed by atoms with Crippen molar-refractivity contribution in [1.82, 2.24) is 9.88 Å². The average Bonchev–Trinajstić information content (AvgIpc) is 3.05. The molecule has 2 aliphatic rings. The predicted molar refractivity (Wildman–Crippen MR) is 99.9 cm³/mol. The first kappa shape index (κ1) is 16.1. The van der Waals surface area contributed by atoms with E-state index in [1.807, 2.05) is 17.2 Å². The minimum atomic E-state index is 0.305.